The predicted octanol–water partition coefficient (Wildman–Crippen LogP) is 1.31. The number of amides is 2. The summed E-state index contributed by atoms with van der Waals surface area (Å²) in [4.78, 5) is 43.6. The van der Waals surface area contributed by atoms with Gasteiger partial charge in [0.15, 0.2) is 0 Å². The van der Waals surface area contributed by atoms with Crippen molar-refractivity contribution in [2.45, 2.75) is 44.6 Å². The van der Waals surface area contributed by atoms with Gasteiger partial charge < -0.3 is 14.6 Å². The molecule has 3 heterocycles. The number of cyclic esters (lactones) is 1. The summed E-state index contributed by atoms with van der Waals surface area (Å²) in [6.07, 6.45) is 4.34. The minimum atomic E-state index is -0.466. The molecule has 0 bridgehead atoms. The first-order chi connectivity index (χ1) is 12.0. The Labute approximate surface area is 145 Å². The molecule has 134 valence electrons. The number of rotatable bonds is 2. The van der Waals surface area contributed by atoms with E-state index in [1.54, 1.807) is 15.9 Å². The number of hydrogen-bond donors (Lipinski definition) is 1. The Morgan fingerprint density at radius 3 is 2.88 bits per heavy atom. The van der Waals surface area contributed by atoms with E-state index in [0.29, 0.717) is 32.7 Å². The molecule has 1 N–H and O–H groups in total. The van der Waals surface area contributed by atoms with Gasteiger partial charge in [-0.25, -0.2) is 4.79 Å². The van der Waals surface area contributed by atoms with Crippen LogP contribution in [0.4, 0.5) is 4.79 Å². The second-order valence-corrected chi connectivity index (χ2v) is 7.23. The quantitative estimate of drug-likeness (QED) is 0.876. The van der Waals surface area contributed by atoms with Crippen molar-refractivity contribution in [3.05, 3.63) is 33.2 Å². The number of aromatic amines is 1. The van der Waals surface area contributed by atoms with Gasteiger partial charge in [0, 0.05) is 25.3 Å². The Hall–Kier alpha value is -2.31. The van der Waals surface area contributed by atoms with Crippen molar-refractivity contribution in [1.82, 2.24) is 14.8 Å². The van der Waals surface area contributed by atoms with E-state index in [-0.39, 0.29) is 23.1 Å². The topological polar surface area (TPSA) is 82.7 Å². The molecule has 0 radical (unpaired) electrons. The molecule has 7 heteroatoms. The number of aryl methyl sites for hydroxylation is 2. The van der Waals surface area contributed by atoms with E-state index in [1.165, 1.54) is 0 Å². The van der Waals surface area contributed by atoms with Crippen molar-refractivity contribution in [2.24, 2.45) is 0 Å². The number of nitrogens with zero attached hydrogens (tertiary/aromatic N) is 2. The summed E-state index contributed by atoms with van der Waals surface area (Å²) in [5.41, 5.74) is 1.49. The monoisotopic (exact) mass is 345 g/mol. The van der Waals surface area contributed by atoms with Gasteiger partial charge >= 0.3 is 6.09 Å². The fourth-order valence-electron chi connectivity index (χ4n) is 4.24. The molecule has 2 saturated heterocycles. The summed E-state index contributed by atoms with van der Waals surface area (Å²) in [6.45, 7) is 3.57. The fraction of sp³-hybridized carbons (Fsp3) is 0.611. The van der Waals surface area contributed by atoms with Crippen LogP contribution in [0.15, 0.2) is 10.9 Å². The second kappa shape index (κ2) is 5.89. The maximum Gasteiger partial charge on any atom is 0.410 e. The molecule has 1 aromatic rings. The van der Waals surface area contributed by atoms with Crippen LogP contribution in [-0.4, -0.2) is 58.6 Å². The third kappa shape index (κ3) is 2.53. The van der Waals surface area contributed by atoms with Gasteiger partial charge in [0.1, 0.15) is 12.2 Å². The molecule has 0 aromatic carbocycles. The largest absolute Gasteiger partial charge is 0.447 e. The van der Waals surface area contributed by atoms with Crippen LogP contribution in [0.2, 0.25) is 0 Å². The molecule has 1 unspecified atom stereocenters. The number of pyridine rings is 1. The minimum Gasteiger partial charge on any atom is -0.447 e. The summed E-state index contributed by atoms with van der Waals surface area (Å²) in [5.74, 6) is -0.249. The molecular weight excluding hydrogens is 322 g/mol. The first-order valence-electron chi connectivity index (χ1n) is 9.03. The standard InChI is InChI=1S/C18H23N3O4/c1-2-18-10-20(7-8-21(18)17(24)25-11-18)16(23)13-9-12-5-3-4-6-14(12)19-15(13)22/h9H,2-8,10-11H2,1H3,(H,19,22). The summed E-state index contributed by atoms with van der Waals surface area (Å²) >= 11 is 0. The number of aromatic nitrogens is 1. The number of fused-ring (bicyclic) bond motifs is 2. The average Bonchev–Trinajstić information content (AvgIpc) is 2.97. The number of H-pyrrole nitrogens is 1. The van der Waals surface area contributed by atoms with Crippen LogP contribution in [0.1, 0.15) is 47.8 Å². The van der Waals surface area contributed by atoms with E-state index in [0.717, 1.165) is 36.9 Å². The van der Waals surface area contributed by atoms with E-state index in [2.05, 4.69) is 4.98 Å². The van der Waals surface area contributed by atoms with Gasteiger partial charge in [-0.1, -0.05) is 6.92 Å². The normalized spacial score (nSPS) is 25.4. The number of piperazine rings is 1. The van der Waals surface area contributed by atoms with E-state index in [1.807, 2.05) is 6.92 Å². The van der Waals surface area contributed by atoms with Crippen LogP contribution < -0.4 is 5.56 Å². The Balaban J connectivity index is 1.62. The summed E-state index contributed by atoms with van der Waals surface area (Å²) < 4.78 is 5.21. The lowest BCUT2D eigenvalue weighted by atomic mass is 9.92. The molecule has 4 rings (SSSR count). The SMILES string of the molecule is CCC12COC(=O)N1CCN(C(=O)c1cc3c([nH]c1=O)CCCC3)C2. The van der Waals surface area contributed by atoms with Crippen LogP contribution in [0.25, 0.3) is 0 Å². The molecular formula is C18H23N3O4. The lowest BCUT2D eigenvalue weighted by Crippen LogP contribution is -2.62. The highest BCUT2D eigenvalue weighted by molar-refractivity contribution is 5.94. The second-order valence-electron chi connectivity index (χ2n) is 7.23. The van der Waals surface area contributed by atoms with Gasteiger partial charge in [-0.05, 0) is 43.7 Å². The first-order valence-corrected chi connectivity index (χ1v) is 9.03. The summed E-state index contributed by atoms with van der Waals surface area (Å²) in [7, 11) is 0. The average molecular weight is 345 g/mol. The molecule has 1 aliphatic carbocycles. The molecule has 2 aliphatic heterocycles. The van der Waals surface area contributed by atoms with E-state index >= 15 is 0 Å². The van der Waals surface area contributed by atoms with Crippen LogP contribution in [0.3, 0.4) is 0 Å². The van der Waals surface area contributed by atoms with Crippen LogP contribution >= 0.6 is 0 Å². The van der Waals surface area contributed by atoms with Crippen molar-refractivity contribution in [2.75, 3.05) is 26.2 Å². The van der Waals surface area contributed by atoms with E-state index in [4.69, 9.17) is 4.74 Å². The molecule has 1 aromatic heterocycles. The summed E-state index contributed by atoms with van der Waals surface area (Å²) in [6, 6.07) is 1.77. The molecule has 2 fully saturated rings. The Morgan fingerprint density at radius 1 is 1.28 bits per heavy atom. The number of hydrogen-bond acceptors (Lipinski definition) is 4. The first kappa shape index (κ1) is 16.2. The molecule has 3 aliphatic rings. The number of carbonyl (C=O) groups is 2. The van der Waals surface area contributed by atoms with Gasteiger partial charge in [0.25, 0.3) is 11.5 Å². The maximum atomic E-state index is 13.0. The molecule has 2 amide bonds. The third-order valence-corrected chi connectivity index (χ3v) is 5.85. The van der Waals surface area contributed by atoms with Crippen molar-refractivity contribution in [3.8, 4) is 0 Å². The van der Waals surface area contributed by atoms with Crippen LogP contribution in [0.5, 0.6) is 0 Å². The zero-order valence-corrected chi connectivity index (χ0v) is 14.5. The molecule has 0 spiro atoms. The number of nitrogens with one attached hydrogen (secondary N) is 1. The lowest BCUT2D eigenvalue weighted by Gasteiger charge is -2.44. The van der Waals surface area contributed by atoms with Gasteiger partial charge in [-0.3, -0.25) is 14.5 Å². The maximum absolute atomic E-state index is 13.0. The van der Waals surface area contributed by atoms with E-state index in [9.17, 15) is 14.4 Å². The minimum absolute atomic E-state index is 0.214. The molecule has 1 atom stereocenters. The third-order valence-electron chi connectivity index (χ3n) is 5.85. The highest BCUT2D eigenvalue weighted by atomic mass is 16.6. The molecule has 7 nitrogen and oxygen atoms in total. The highest BCUT2D eigenvalue weighted by Crippen LogP contribution is 2.32. The Morgan fingerprint density at radius 2 is 2.08 bits per heavy atom. The molecule has 0 saturated carbocycles. The van der Waals surface area contributed by atoms with Gasteiger partial charge in [-0.15, -0.1) is 0 Å². The van der Waals surface area contributed by atoms with Crippen molar-refractivity contribution >= 4 is 12.0 Å². The zero-order chi connectivity index (χ0) is 17.6. The Kier molecular flexibility index (Phi) is 3.81. The van der Waals surface area contributed by atoms with Crippen molar-refractivity contribution in [3.63, 3.8) is 0 Å². The van der Waals surface area contributed by atoms with E-state index < -0.39 is 5.54 Å². The van der Waals surface area contributed by atoms with Crippen LogP contribution in [0, 0.1) is 0 Å². The summed E-state index contributed by atoms with van der Waals surface area (Å²) in [5, 5.41) is 0. The van der Waals surface area contributed by atoms with Gasteiger partial charge in [-0.2, -0.15) is 0 Å². The lowest BCUT2D eigenvalue weighted by molar-refractivity contribution is 0.0360. The highest BCUT2D eigenvalue weighted by Gasteiger charge is 2.50. The number of ether oxygens (including phenoxy) is 1. The fourth-order valence-corrected chi connectivity index (χ4v) is 4.24. The zero-order valence-electron chi connectivity index (χ0n) is 14.5. The van der Waals surface area contributed by atoms with Gasteiger partial charge in [0.2, 0.25) is 0 Å². The van der Waals surface area contributed by atoms with Gasteiger partial charge in [0.05, 0.1) is 5.54 Å². The van der Waals surface area contributed by atoms with Crippen molar-refractivity contribution < 1.29 is 14.3 Å². The number of carbonyl (C=O) groups excluding carboxylic acids is 2. The van der Waals surface area contributed by atoms with Crippen molar-refractivity contribution in [1.29, 1.82) is 0 Å². The molecule has 25 heavy (non-hydrogen) atoms. The smallest absolute Gasteiger partial charge is 0.410 e. The predicted molar refractivity (Wildman–Crippen MR) is 90.7 cm³/mol. The van der Waals surface area contributed by atoms with Crippen LogP contribution in [-0.2, 0) is 17.6 Å². The Bertz CT molecular complexity index is 787.